The van der Waals surface area contributed by atoms with Gasteiger partial charge in [0, 0.05) is 54.4 Å². The molecule has 96 valence electrons. The molecule has 3 heterocycles. The monoisotopic (exact) mass is 253 g/mol. The van der Waals surface area contributed by atoms with Gasteiger partial charge in [0.25, 0.3) is 0 Å². The van der Waals surface area contributed by atoms with Gasteiger partial charge in [-0.15, -0.1) is 0 Å². The number of nitrogens with zero attached hydrogens (tertiary/aromatic N) is 3. The minimum atomic E-state index is 0.905. The van der Waals surface area contributed by atoms with Crippen LogP contribution in [0.3, 0.4) is 0 Å². The van der Waals surface area contributed by atoms with Gasteiger partial charge in [-0.2, -0.15) is 0 Å². The Hall–Kier alpha value is -2.14. The molecule has 0 bridgehead atoms. The van der Waals surface area contributed by atoms with Crippen LogP contribution in [-0.4, -0.2) is 41.1 Å². The number of aromatic nitrogens is 3. The van der Waals surface area contributed by atoms with Crippen molar-refractivity contribution in [2.75, 3.05) is 31.1 Å². The van der Waals surface area contributed by atoms with Gasteiger partial charge >= 0.3 is 0 Å². The Labute approximate surface area is 110 Å². The van der Waals surface area contributed by atoms with E-state index in [2.05, 4.69) is 43.4 Å². The maximum Gasteiger partial charge on any atom is 0.141 e. The second-order valence-corrected chi connectivity index (χ2v) is 4.88. The zero-order valence-electron chi connectivity index (χ0n) is 10.6. The van der Waals surface area contributed by atoms with Gasteiger partial charge in [-0.05, 0) is 18.2 Å². The van der Waals surface area contributed by atoms with E-state index in [1.54, 1.807) is 6.33 Å². The lowest BCUT2D eigenvalue weighted by Crippen LogP contribution is -2.43. The van der Waals surface area contributed by atoms with Crippen molar-refractivity contribution in [2.45, 2.75) is 0 Å². The molecular formula is C14H15N5. The highest BCUT2D eigenvalue weighted by atomic mass is 15.2. The minimum Gasteiger partial charge on any atom is -0.369 e. The summed E-state index contributed by atoms with van der Waals surface area (Å²) >= 11 is 0. The lowest BCUT2D eigenvalue weighted by atomic mass is 10.1. The number of benzene rings is 1. The van der Waals surface area contributed by atoms with Crippen LogP contribution in [0.5, 0.6) is 0 Å². The van der Waals surface area contributed by atoms with Gasteiger partial charge in [-0.1, -0.05) is 0 Å². The number of H-pyrrole nitrogens is 1. The molecule has 19 heavy (non-hydrogen) atoms. The predicted octanol–water partition coefficient (Wildman–Crippen LogP) is 1.52. The predicted molar refractivity (Wildman–Crippen MR) is 76.5 cm³/mol. The van der Waals surface area contributed by atoms with Crippen molar-refractivity contribution in [3.63, 3.8) is 0 Å². The van der Waals surface area contributed by atoms with E-state index in [9.17, 15) is 0 Å². The van der Waals surface area contributed by atoms with Crippen molar-refractivity contribution in [3.8, 4) is 0 Å². The molecule has 0 aliphatic carbocycles. The molecule has 0 radical (unpaired) electrons. The number of piperazine rings is 1. The molecule has 1 aliphatic heterocycles. The van der Waals surface area contributed by atoms with E-state index in [4.69, 9.17) is 0 Å². The van der Waals surface area contributed by atoms with Crippen LogP contribution in [0.25, 0.3) is 21.9 Å². The third-order valence-electron chi connectivity index (χ3n) is 3.74. The largest absolute Gasteiger partial charge is 0.369 e. The summed E-state index contributed by atoms with van der Waals surface area (Å²) in [5, 5.41) is 5.67. The average molecular weight is 253 g/mol. The summed E-state index contributed by atoms with van der Waals surface area (Å²) in [5.41, 5.74) is 3.30. The molecule has 1 aromatic carbocycles. The molecule has 1 aliphatic rings. The fourth-order valence-corrected chi connectivity index (χ4v) is 2.74. The van der Waals surface area contributed by atoms with Gasteiger partial charge in [-0.25, -0.2) is 9.97 Å². The molecule has 0 saturated carbocycles. The molecular weight excluding hydrogens is 238 g/mol. The molecule has 0 atom stereocenters. The van der Waals surface area contributed by atoms with Crippen LogP contribution in [0.4, 0.5) is 5.69 Å². The van der Waals surface area contributed by atoms with E-state index < -0.39 is 0 Å². The first-order chi connectivity index (χ1) is 9.42. The third-order valence-corrected chi connectivity index (χ3v) is 3.74. The molecule has 3 aromatic rings. The number of nitrogens with one attached hydrogen (secondary N) is 2. The van der Waals surface area contributed by atoms with Crippen molar-refractivity contribution in [1.82, 2.24) is 20.3 Å². The van der Waals surface area contributed by atoms with E-state index in [0.29, 0.717) is 0 Å². The number of aromatic amines is 1. The number of rotatable bonds is 1. The zero-order chi connectivity index (χ0) is 12.7. The van der Waals surface area contributed by atoms with Gasteiger partial charge in [0.05, 0.1) is 0 Å². The Morgan fingerprint density at radius 3 is 2.89 bits per heavy atom. The first kappa shape index (κ1) is 10.8. The van der Waals surface area contributed by atoms with Crippen LogP contribution in [-0.2, 0) is 0 Å². The highest BCUT2D eigenvalue weighted by molar-refractivity contribution is 6.06. The minimum absolute atomic E-state index is 0.905. The van der Waals surface area contributed by atoms with Gasteiger partial charge in [-0.3, -0.25) is 0 Å². The summed E-state index contributed by atoms with van der Waals surface area (Å²) in [6.45, 7) is 4.22. The summed E-state index contributed by atoms with van der Waals surface area (Å²) in [5.74, 6) is 0. The fourth-order valence-electron chi connectivity index (χ4n) is 2.74. The topological polar surface area (TPSA) is 56.8 Å². The first-order valence-corrected chi connectivity index (χ1v) is 6.59. The number of hydrogen-bond donors (Lipinski definition) is 2. The Morgan fingerprint density at radius 1 is 1.11 bits per heavy atom. The van der Waals surface area contributed by atoms with Gasteiger partial charge < -0.3 is 15.2 Å². The van der Waals surface area contributed by atoms with E-state index in [0.717, 1.165) is 42.7 Å². The Morgan fingerprint density at radius 2 is 2.00 bits per heavy atom. The highest BCUT2D eigenvalue weighted by Crippen LogP contribution is 2.27. The normalized spacial score (nSPS) is 16.3. The molecule has 4 rings (SSSR count). The molecule has 1 fully saturated rings. The van der Waals surface area contributed by atoms with Crippen LogP contribution in [0.15, 0.2) is 30.7 Å². The molecule has 0 amide bonds. The smallest absolute Gasteiger partial charge is 0.141 e. The third kappa shape index (κ3) is 1.74. The van der Waals surface area contributed by atoms with Crippen molar-refractivity contribution in [3.05, 3.63) is 30.7 Å². The first-order valence-electron chi connectivity index (χ1n) is 6.59. The number of fused-ring (bicyclic) bond motifs is 3. The SMILES string of the molecule is c1ncc2c(n1)[nH]c1ccc(N3CCNCC3)cc12. The molecule has 0 spiro atoms. The lowest BCUT2D eigenvalue weighted by molar-refractivity contribution is 0.589. The van der Waals surface area contributed by atoms with E-state index in [-0.39, 0.29) is 0 Å². The van der Waals surface area contributed by atoms with E-state index >= 15 is 0 Å². The summed E-state index contributed by atoms with van der Waals surface area (Å²) in [7, 11) is 0. The molecule has 5 nitrogen and oxygen atoms in total. The second kappa shape index (κ2) is 4.20. The van der Waals surface area contributed by atoms with E-state index in [1.807, 2.05) is 6.20 Å². The van der Waals surface area contributed by atoms with Crippen LogP contribution in [0.2, 0.25) is 0 Å². The molecule has 5 heteroatoms. The van der Waals surface area contributed by atoms with Gasteiger partial charge in [0.15, 0.2) is 0 Å². The van der Waals surface area contributed by atoms with Crippen LogP contribution in [0.1, 0.15) is 0 Å². The Kier molecular flexibility index (Phi) is 2.38. The molecule has 2 N–H and O–H groups in total. The summed E-state index contributed by atoms with van der Waals surface area (Å²) in [4.78, 5) is 14.1. The zero-order valence-corrected chi connectivity index (χ0v) is 10.6. The summed E-state index contributed by atoms with van der Waals surface area (Å²) in [6, 6.07) is 6.55. The Bertz CT molecular complexity index is 727. The standard InChI is InChI=1S/C14H15N5/c1-2-13-11(12-8-16-9-17-14(12)18-13)7-10(1)19-5-3-15-4-6-19/h1-2,7-9,15H,3-6H2,(H,16,17,18). The van der Waals surface area contributed by atoms with Crippen molar-refractivity contribution < 1.29 is 0 Å². The van der Waals surface area contributed by atoms with Gasteiger partial charge in [0.1, 0.15) is 12.0 Å². The van der Waals surface area contributed by atoms with Crippen LogP contribution in [0, 0.1) is 0 Å². The lowest BCUT2D eigenvalue weighted by Gasteiger charge is -2.29. The Balaban J connectivity index is 1.87. The van der Waals surface area contributed by atoms with Crippen molar-refractivity contribution >= 4 is 27.6 Å². The molecule has 1 saturated heterocycles. The molecule has 0 unspecified atom stereocenters. The van der Waals surface area contributed by atoms with Crippen LogP contribution < -0.4 is 10.2 Å². The highest BCUT2D eigenvalue weighted by Gasteiger charge is 2.12. The number of hydrogen-bond acceptors (Lipinski definition) is 4. The van der Waals surface area contributed by atoms with Gasteiger partial charge in [0.2, 0.25) is 0 Å². The van der Waals surface area contributed by atoms with Crippen molar-refractivity contribution in [2.24, 2.45) is 0 Å². The van der Waals surface area contributed by atoms with Crippen LogP contribution >= 0.6 is 0 Å². The van der Waals surface area contributed by atoms with E-state index in [1.165, 1.54) is 11.1 Å². The van der Waals surface area contributed by atoms with Crippen molar-refractivity contribution in [1.29, 1.82) is 0 Å². The molecule has 2 aromatic heterocycles. The maximum atomic E-state index is 4.27. The second-order valence-electron chi connectivity index (χ2n) is 4.88. The number of anilines is 1. The summed E-state index contributed by atoms with van der Waals surface area (Å²) in [6.07, 6.45) is 3.46. The average Bonchev–Trinajstić information content (AvgIpc) is 2.86. The maximum absolute atomic E-state index is 4.27. The summed E-state index contributed by atoms with van der Waals surface area (Å²) < 4.78 is 0. The fraction of sp³-hybridized carbons (Fsp3) is 0.286. The quantitative estimate of drug-likeness (QED) is 0.690.